The number of halogens is 1. The average Bonchev–Trinajstić information content (AvgIpc) is 3.34. The Kier molecular flexibility index (Phi) is 6.60. The molecule has 0 aromatic heterocycles. The number of methoxy groups -OCH3 is 1. The van der Waals surface area contributed by atoms with Gasteiger partial charge >= 0.3 is 11.7 Å². The molecule has 0 radical (unpaired) electrons. The Morgan fingerprint density at radius 2 is 1.59 bits per heavy atom. The van der Waals surface area contributed by atoms with Crippen LogP contribution in [-0.4, -0.2) is 29.4 Å². The molecule has 1 aliphatic rings. The van der Waals surface area contributed by atoms with Gasteiger partial charge in [0.25, 0.3) is 5.78 Å². The van der Waals surface area contributed by atoms with E-state index in [1.807, 2.05) is 72.8 Å². The van der Waals surface area contributed by atoms with Gasteiger partial charge < -0.3 is 10.3 Å². The Morgan fingerprint density at radius 1 is 0.919 bits per heavy atom. The fraction of sp³-hybridized carbons (Fsp3) is 0.138. The molecule has 0 N–H and O–H groups in total. The van der Waals surface area contributed by atoms with Crippen LogP contribution in [0.5, 0.6) is 0 Å². The minimum Gasteiger partial charge on any atom is -0.460 e. The molecule has 0 spiro atoms. The van der Waals surface area contributed by atoms with Crippen LogP contribution < -0.4 is 5.06 Å². The van der Waals surface area contributed by atoms with E-state index < -0.39 is 41.3 Å². The summed E-state index contributed by atoms with van der Waals surface area (Å²) in [6.45, 7) is 0. The summed E-state index contributed by atoms with van der Waals surface area (Å²) in [7, 11) is 1.10. The highest BCUT2D eigenvalue weighted by molar-refractivity contribution is 6.62. The Morgan fingerprint density at radius 3 is 2.30 bits per heavy atom. The van der Waals surface area contributed by atoms with E-state index in [-0.39, 0.29) is 0 Å². The first-order chi connectivity index (χ1) is 18.0. The van der Waals surface area contributed by atoms with Crippen LogP contribution in [0, 0.1) is 11.7 Å². The van der Waals surface area contributed by atoms with E-state index >= 15 is 0 Å². The van der Waals surface area contributed by atoms with Crippen LogP contribution in [0.4, 0.5) is 10.1 Å². The van der Waals surface area contributed by atoms with Gasteiger partial charge in [0.05, 0.1) is 24.8 Å². The van der Waals surface area contributed by atoms with Gasteiger partial charge in [0.2, 0.25) is 0 Å². The monoisotopic (exact) mass is 495 g/mol. The van der Waals surface area contributed by atoms with Crippen molar-refractivity contribution in [2.45, 2.75) is 12.1 Å². The van der Waals surface area contributed by atoms with Crippen molar-refractivity contribution in [2.24, 2.45) is 5.92 Å². The standard InChI is InChI=1S/C29H22FN3O4/c1-36-29(35)25(32-31)27(34)24-26(23-13-7-11-18-8-5-6-12-22(18)23)33(21-16-14-20(30)15-17-21)37-28(24)19-9-3-2-4-10-19/h2-17,24,26,28H,1H3/t24-,26+,28-/m1/s1. The minimum atomic E-state index is -1.06. The number of carbonyl (C=O) groups excluding carboxylic acids is 2. The topological polar surface area (TPSA) is 92.2 Å². The number of hydrogen-bond donors (Lipinski definition) is 0. The van der Waals surface area contributed by atoms with E-state index in [1.165, 1.54) is 12.1 Å². The van der Waals surface area contributed by atoms with Crippen molar-refractivity contribution in [3.63, 3.8) is 0 Å². The van der Waals surface area contributed by atoms with Crippen LogP contribution in [-0.2, 0) is 19.2 Å². The molecule has 0 bridgehead atoms. The maximum atomic E-state index is 14.0. The lowest BCUT2D eigenvalue weighted by atomic mass is 9.80. The predicted octanol–water partition coefficient (Wildman–Crippen LogP) is 5.24. The summed E-state index contributed by atoms with van der Waals surface area (Å²) in [6.07, 6.45) is -0.857. The lowest BCUT2D eigenvalue weighted by molar-refractivity contribution is -0.140. The van der Waals surface area contributed by atoms with E-state index in [2.05, 4.69) is 4.79 Å². The summed E-state index contributed by atoms with van der Waals surface area (Å²) >= 11 is 0. The van der Waals surface area contributed by atoms with Gasteiger partial charge in [-0.2, -0.15) is 4.79 Å². The number of benzene rings is 4. The summed E-state index contributed by atoms with van der Waals surface area (Å²) in [4.78, 5) is 35.8. The molecule has 5 rings (SSSR count). The highest BCUT2D eigenvalue weighted by atomic mass is 19.1. The summed E-state index contributed by atoms with van der Waals surface area (Å²) in [5, 5.41) is 3.38. The van der Waals surface area contributed by atoms with Gasteiger partial charge in [-0.05, 0) is 46.2 Å². The van der Waals surface area contributed by atoms with Crippen LogP contribution in [0.2, 0.25) is 0 Å². The molecule has 4 aromatic carbocycles. The Balaban J connectivity index is 1.76. The predicted molar refractivity (Wildman–Crippen MR) is 135 cm³/mol. The quantitative estimate of drug-likeness (QED) is 0.120. The number of esters is 1. The zero-order chi connectivity index (χ0) is 25.9. The van der Waals surface area contributed by atoms with Crippen molar-refractivity contribution < 1.29 is 28.3 Å². The molecule has 0 unspecified atom stereocenters. The SMILES string of the molecule is COC(=O)C(=[N+]=[N-])C(=O)[C@@H]1[C@@H](c2ccccc2)ON(c2ccc(F)cc2)[C@H]1c1cccc2ccccc12. The molecule has 0 aliphatic carbocycles. The average molecular weight is 496 g/mol. The number of ketones is 1. The molecular formula is C29H22FN3O4. The van der Waals surface area contributed by atoms with Crippen molar-refractivity contribution in [3.8, 4) is 0 Å². The van der Waals surface area contributed by atoms with Gasteiger partial charge in [0, 0.05) is 0 Å². The molecular weight excluding hydrogens is 473 g/mol. The maximum Gasteiger partial charge on any atom is 0.441 e. The summed E-state index contributed by atoms with van der Waals surface area (Å²) in [5.41, 5.74) is 10.8. The molecule has 1 heterocycles. The molecule has 4 aromatic rings. The lowest BCUT2D eigenvalue weighted by Gasteiger charge is -2.27. The van der Waals surface area contributed by atoms with E-state index in [1.54, 1.807) is 17.2 Å². The fourth-order valence-electron chi connectivity index (χ4n) is 4.84. The van der Waals surface area contributed by atoms with Crippen LogP contribution >= 0.6 is 0 Å². The van der Waals surface area contributed by atoms with Crippen LogP contribution in [0.15, 0.2) is 97.1 Å². The Labute approximate surface area is 212 Å². The second-order valence-electron chi connectivity index (χ2n) is 8.58. The third kappa shape index (κ3) is 4.40. The van der Waals surface area contributed by atoms with E-state index in [0.29, 0.717) is 11.3 Å². The molecule has 1 aliphatic heterocycles. The van der Waals surface area contributed by atoms with Crippen molar-refractivity contribution >= 4 is 33.9 Å². The molecule has 1 saturated heterocycles. The highest BCUT2D eigenvalue weighted by Crippen LogP contribution is 2.50. The van der Waals surface area contributed by atoms with E-state index in [4.69, 9.17) is 9.57 Å². The summed E-state index contributed by atoms with van der Waals surface area (Å²) in [5.74, 6) is -3.25. The molecule has 7 nitrogen and oxygen atoms in total. The number of anilines is 1. The van der Waals surface area contributed by atoms with Gasteiger partial charge in [0.15, 0.2) is 0 Å². The maximum absolute atomic E-state index is 14.0. The lowest BCUT2D eigenvalue weighted by Crippen LogP contribution is -2.37. The van der Waals surface area contributed by atoms with Gasteiger partial charge in [-0.25, -0.2) is 14.2 Å². The molecule has 0 saturated carbocycles. The Hall–Kier alpha value is -4.65. The number of nitrogens with zero attached hydrogens (tertiary/aromatic N) is 3. The van der Waals surface area contributed by atoms with Gasteiger partial charge in [-0.1, -0.05) is 72.8 Å². The second-order valence-corrected chi connectivity index (χ2v) is 8.58. The largest absolute Gasteiger partial charge is 0.460 e. The number of ether oxygens (including phenoxy) is 1. The van der Waals surface area contributed by atoms with Crippen LogP contribution in [0.3, 0.4) is 0 Å². The first kappa shape index (κ1) is 24.1. The number of rotatable bonds is 6. The van der Waals surface area contributed by atoms with Crippen molar-refractivity contribution in [1.29, 1.82) is 0 Å². The Bertz CT molecular complexity index is 1510. The smallest absolute Gasteiger partial charge is 0.441 e. The van der Waals surface area contributed by atoms with Gasteiger partial charge in [0.1, 0.15) is 11.9 Å². The summed E-state index contributed by atoms with van der Waals surface area (Å²) in [6, 6.07) is 27.5. The van der Waals surface area contributed by atoms with E-state index in [9.17, 15) is 19.5 Å². The third-order valence-corrected chi connectivity index (χ3v) is 6.51. The minimum absolute atomic E-state index is 0.419. The fourth-order valence-corrected chi connectivity index (χ4v) is 4.84. The molecule has 37 heavy (non-hydrogen) atoms. The highest BCUT2D eigenvalue weighted by Gasteiger charge is 2.54. The molecule has 1 fully saturated rings. The van der Waals surface area contributed by atoms with E-state index in [0.717, 1.165) is 23.4 Å². The molecule has 8 heteroatoms. The number of fused-ring (bicyclic) bond motifs is 1. The first-order valence-electron chi connectivity index (χ1n) is 11.6. The normalized spacial score (nSPS) is 18.9. The third-order valence-electron chi connectivity index (χ3n) is 6.51. The van der Waals surface area contributed by atoms with Crippen molar-refractivity contribution in [3.05, 3.63) is 120 Å². The molecule has 184 valence electrons. The first-order valence-corrected chi connectivity index (χ1v) is 11.6. The molecule has 0 amide bonds. The zero-order valence-electron chi connectivity index (χ0n) is 19.8. The van der Waals surface area contributed by atoms with Crippen LogP contribution in [0.25, 0.3) is 16.3 Å². The number of hydroxylamine groups is 1. The van der Waals surface area contributed by atoms with Crippen LogP contribution in [0.1, 0.15) is 23.3 Å². The van der Waals surface area contributed by atoms with Gasteiger partial charge in [-0.3, -0.25) is 9.63 Å². The van der Waals surface area contributed by atoms with Gasteiger partial charge in [-0.15, -0.1) is 0 Å². The number of carbonyl (C=O) groups is 2. The molecule has 3 atom stereocenters. The number of Topliss-reactive ketones (excluding diaryl/α,β-unsaturated/α-hetero) is 1. The van der Waals surface area contributed by atoms with Crippen molar-refractivity contribution in [2.75, 3.05) is 12.2 Å². The van der Waals surface area contributed by atoms with Crippen molar-refractivity contribution in [1.82, 2.24) is 0 Å². The second kappa shape index (κ2) is 10.1. The zero-order valence-corrected chi connectivity index (χ0v) is 19.8. The number of hydrogen-bond acceptors (Lipinski definition) is 5. The summed E-state index contributed by atoms with van der Waals surface area (Å²) < 4.78 is 18.5.